The van der Waals surface area contributed by atoms with Crippen molar-refractivity contribution in [1.82, 2.24) is 10.2 Å². The molecule has 1 aromatic heterocycles. The normalized spacial score (nSPS) is 28.1. The van der Waals surface area contributed by atoms with E-state index in [-0.39, 0.29) is 0 Å². The molecule has 3 heteroatoms. The molecule has 3 nitrogen and oxygen atoms in total. The van der Waals surface area contributed by atoms with E-state index < -0.39 is 0 Å². The van der Waals surface area contributed by atoms with Crippen LogP contribution in [0.5, 0.6) is 0 Å². The van der Waals surface area contributed by atoms with Crippen LogP contribution in [-0.4, -0.2) is 10.2 Å². The highest BCUT2D eigenvalue weighted by atomic mass is 15.2. The molecular weight excluding hydrogens is 246 g/mol. The van der Waals surface area contributed by atoms with Gasteiger partial charge in [-0.05, 0) is 37.2 Å². The number of anilines is 1. The lowest BCUT2D eigenvalue weighted by molar-refractivity contribution is 0.480. The summed E-state index contributed by atoms with van der Waals surface area (Å²) in [5, 5.41) is 7.53. The molecule has 2 aromatic rings. The Morgan fingerprint density at radius 3 is 2.65 bits per heavy atom. The Balaban J connectivity index is 1.75. The highest BCUT2D eigenvalue weighted by molar-refractivity contribution is 5.77. The van der Waals surface area contributed by atoms with Crippen LogP contribution in [0.3, 0.4) is 0 Å². The van der Waals surface area contributed by atoms with Crippen LogP contribution in [0.1, 0.15) is 42.9 Å². The second kappa shape index (κ2) is 4.37. The fourth-order valence-electron chi connectivity index (χ4n) is 4.14. The van der Waals surface area contributed by atoms with Crippen molar-refractivity contribution < 1.29 is 0 Å². The van der Waals surface area contributed by atoms with Crippen LogP contribution in [0.2, 0.25) is 0 Å². The number of nitrogens with zero attached hydrogens (tertiary/aromatic N) is 1. The first-order valence-corrected chi connectivity index (χ1v) is 7.66. The average Bonchev–Trinajstić information content (AvgIpc) is 3.06. The van der Waals surface area contributed by atoms with Gasteiger partial charge < -0.3 is 5.73 Å². The Morgan fingerprint density at radius 2 is 1.95 bits per heavy atom. The van der Waals surface area contributed by atoms with E-state index in [1.54, 1.807) is 0 Å². The molecular formula is C17H21N3. The lowest BCUT2D eigenvalue weighted by atomic mass is 10.00. The summed E-state index contributed by atoms with van der Waals surface area (Å²) in [5.74, 6) is 3.05. The summed E-state index contributed by atoms with van der Waals surface area (Å²) < 4.78 is 0. The first-order chi connectivity index (χ1) is 9.75. The largest absolute Gasteiger partial charge is 0.382 e. The zero-order chi connectivity index (χ0) is 13.7. The third-order valence-electron chi connectivity index (χ3n) is 5.12. The predicted octanol–water partition coefficient (Wildman–Crippen LogP) is 3.87. The van der Waals surface area contributed by atoms with E-state index >= 15 is 0 Å². The Hall–Kier alpha value is -1.77. The highest BCUT2D eigenvalue weighted by Crippen LogP contribution is 2.62. The van der Waals surface area contributed by atoms with Gasteiger partial charge in [-0.2, -0.15) is 5.10 Å². The number of nitrogens with one attached hydrogen (secondary N) is 1. The molecule has 2 aliphatic carbocycles. The van der Waals surface area contributed by atoms with E-state index in [1.807, 2.05) is 0 Å². The summed E-state index contributed by atoms with van der Waals surface area (Å²) >= 11 is 0. The number of nitrogen functional groups attached to an aromatic ring is 1. The summed E-state index contributed by atoms with van der Waals surface area (Å²) in [5.41, 5.74) is 11.0. The smallest absolute Gasteiger partial charge is 0.153 e. The van der Waals surface area contributed by atoms with Crippen molar-refractivity contribution in [3.05, 3.63) is 35.5 Å². The molecule has 2 atom stereocenters. The minimum atomic E-state index is 0.647. The summed E-state index contributed by atoms with van der Waals surface area (Å²) in [6.07, 6.45) is 5.53. The lowest BCUT2D eigenvalue weighted by Crippen LogP contribution is -1.91. The molecule has 0 aliphatic heterocycles. The molecule has 0 bridgehead atoms. The van der Waals surface area contributed by atoms with Crippen molar-refractivity contribution >= 4 is 5.82 Å². The van der Waals surface area contributed by atoms with Crippen LogP contribution in [-0.2, 0) is 0 Å². The zero-order valence-electron chi connectivity index (χ0n) is 11.9. The van der Waals surface area contributed by atoms with E-state index in [1.165, 1.54) is 42.5 Å². The standard InChI is InChI=1S/C17H21N3/c1-10-5-4-6-11(9-10)14-16(19-20-17(14)18)15-12-7-2-3-8-13(12)15/h4-6,9,12-13,15H,2-3,7-8H2,1H3,(H3,18,19,20). The molecule has 104 valence electrons. The Bertz CT molecular complexity index is 631. The predicted molar refractivity (Wildman–Crippen MR) is 81.4 cm³/mol. The maximum Gasteiger partial charge on any atom is 0.153 e. The van der Waals surface area contributed by atoms with Gasteiger partial charge in [-0.25, -0.2) is 0 Å². The van der Waals surface area contributed by atoms with Crippen molar-refractivity contribution in [1.29, 1.82) is 0 Å². The molecule has 2 saturated carbocycles. The molecule has 0 radical (unpaired) electrons. The highest BCUT2D eigenvalue weighted by Gasteiger charge is 2.53. The number of hydrogen-bond acceptors (Lipinski definition) is 2. The number of nitrogens with two attached hydrogens (primary N) is 1. The van der Waals surface area contributed by atoms with Gasteiger partial charge in [-0.3, -0.25) is 5.10 Å². The fourth-order valence-corrected chi connectivity index (χ4v) is 4.14. The van der Waals surface area contributed by atoms with E-state index in [9.17, 15) is 0 Å². The van der Waals surface area contributed by atoms with Gasteiger partial charge in [0.25, 0.3) is 0 Å². The fraction of sp³-hybridized carbons (Fsp3) is 0.471. The SMILES string of the molecule is Cc1cccc(-c2c(N)n[nH]c2C2C3CCCCC32)c1. The van der Waals surface area contributed by atoms with E-state index in [0.717, 1.165) is 17.4 Å². The van der Waals surface area contributed by atoms with Crippen molar-refractivity contribution in [3.63, 3.8) is 0 Å². The summed E-state index contributed by atoms with van der Waals surface area (Å²) in [6.45, 7) is 2.12. The first-order valence-electron chi connectivity index (χ1n) is 7.66. The van der Waals surface area contributed by atoms with Gasteiger partial charge in [0.1, 0.15) is 0 Å². The molecule has 1 aromatic carbocycles. The van der Waals surface area contributed by atoms with Crippen molar-refractivity contribution in [2.75, 3.05) is 5.73 Å². The summed E-state index contributed by atoms with van der Waals surface area (Å²) in [7, 11) is 0. The molecule has 3 N–H and O–H groups in total. The maximum atomic E-state index is 6.14. The minimum Gasteiger partial charge on any atom is -0.382 e. The zero-order valence-corrected chi connectivity index (χ0v) is 11.9. The number of hydrogen-bond donors (Lipinski definition) is 2. The number of fused-ring (bicyclic) bond motifs is 1. The third kappa shape index (κ3) is 1.76. The number of aromatic amines is 1. The van der Waals surface area contributed by atoms with Gasteiger partial charge in [0.2, 0.25) is 0 Å². The quantitative estimate of drug-likeness (QED) is 0.867. The monoisotopic (exact) mass is 267 g/mol. The lowest BCUT2D eigenvalue weighted by Gasteiger charge is -2.05. The average molecular weight is 267 g/mol. The third-order valence-corrected chi connectivity index (χ3v) is 5.12. The maximum absolute atomic E-state index is 6.14. The molecule has 0 saturated heterocycles. The molecule has 0 spiro atoms. The van der Waals surface area contributed by atoms with Gasteiger partial charge in [0.15, 0.2) is 5.82 Å². The van der Waals surface area contributed by atoms with Crippen molar-refractivity contribution in [2.45, 2.75) is 38.5 Å². The molecule has 2 unspecified atom stereocenters. The second-order valence-electron chi connectivity index (χ2n) is 6.40. The van der Waals surface area contributed by atoms with Gasteiger partial charge in [-0.15, -0.1) is 0 Å². The Labute approximate surface area is 119 Å². The van der Waals surface area contributed by atoms with E-state index in [2.05, 4.69) is 41.4 Å². The number of aromatic nitrogens is 2. The van der Waals surface area contributed by atoms with Crippen LogP contribution < -0.4 is 5.73 Å². The minimum absolute atomic E-state index is 0.647. The van der Waals surface area contributed by atoms with Crippen molar-refractivity contribution in [2.24, 2.45) is 11.8 Å². The molecule has 20 heavy (non-hydrogen) atoms. The molecule has 4 rings (SSSR count). The van der Waals surface area contributed by atoms with E-state index in [0.29, 0.717) is 11.7 Å². The Kier molecular flexibility index (Phi) is 2.62. The van der Waals surface area contributed by atoms with Gasteiger partial charge >= 0.3 is 0 Å². The molecule has 0 amide bonds. The topological polar surface area (TPSA) is 54.7 Å². The number of rotatable bonds is 2. The number of aryl methyl sites for hydroxylation is 1. The first kappa shape index (κ1) is 12.0. The number of H-pyrrole nitrogens is 1. The van der Waals surface area contributed by atoms with Gasteiger partial charge in [0, 0.05) is 17.2 Å². The van der Waals surface area contributed by atoms with Crippen LogP contribution in [0.4, 0.5) is 5.82 Å². The van der Waals surface area contributed by atoms with E-state index in [4.69, 9.17) is 5.73 Å². The molecule has 1 heterocycles. The Morgan fingerprint density at radius 1 is 1.20 bits per heavy atom. The van der Waals surface area contributed by atoms with Crippen molar-refractivity contribution in [3.8, 4) is 11.1 Å². The van der Waals surface area contributed by atoms with Crippen LogP contribution in [0.25, 0.3) is 11.1 Å². The van der Waals surface area contributed by atoms with Crippen LogP contribution in [0.15, 0.2) is 24.3 Å². The van der Waals surface area contributed by atoms with Crippen LogP contribution >= 0.6 is 0 Å². The van der Waals surface area contributed by atoms with Gasteiger partial charge in [-0.1, -0.05) is 42.7 Å². The van der Waals surface area contributed by atoms with Gasteiger partial charge in [0.05, 0.1) is 0 Å². The molecule has 2 aliphatic rings. The van der Waals surface area contributed by atoms with Crippen LogP contribution in [0, 0.1) is 18.8 Å². The second-order valence-corrected chi connectivity index (χ2v) is 6.40. The summed E-state index contributed by atoms with van der Waals surface area (Å²) in [6, 6.07) is 8.57. The molecule has 2 fully saturated rings. The summed E-state index contributed by atoms with van der Waals surface area (Å²) in [4.78, 5) is 0. The number of benzene rings is 1.